The molecule has 10 heteroatoms. The molecule has 3 rings (SSSR count). The Morgan fingerprint density at radius 3 is 2.42 bits per heavy atom. The first kappa shape index (κ1) is 24.7. The van der Waals surface area contributed by atoms with Crippen molar-refractivity contribution in [3.63, 3.8) is 0 Å². The maximum atomic E-state index is 13.2. The average Bonchev–Trinajstić information content (AvgIpc) is 3.35. The van der Waals surface area contributed by atoms with Crippen molar-refractivity contribution in [2.24, 2.45) is 5.41 Å². The van der Waals surface area contributed by atoms with Crippen molar-refractivity contribution < 1.29 is 19.5 Å². The van der Waals surface area contributed by atoms with Crippen LogP contribution in [0.5, 0.6) is 0 Å². The second kappa shape index (κ2) is 9.88. The minimum absolute atomic E-state index is 0.0337. The second-order valence-corrected chi connectivity index (χ2v) is 10.2. The summed E-state index contributed by atoms with van der Waals surface area (Å²) in [6, 6.07) is 5.89. The highest BCUT2D eigenvalue weighted by atomic mass is 32.1. The minimum atomic E-state index is -0.849. The first-order valence-corrected chi connectivity index (χ1v) is 11.7. The van der Waals surface area contributed by atoms with E-state index in [1.54, 1.807) is 16.8 Å². The molecule has 0 aliphatic carbocycles. The number of β-amino-alcohol motifs (C(OH)–C–C–N with tert-alkyl or cyclic N) is 1. The van der Waals surface area contributed by atoms with Gasteiger partial charge in [0.1, 0.15) is 12.1 Å². The molecule has 3 amide bonds. The predicted octanol–water partition coefficient (Wildman–Crippen LogP) is 2.07. The fourth-order valence-electron chi connectivity index (χ4n) is 3.82. The number of likely N-dealkylation sites (tertiary alicyclic amines) is 1. The van der Waals surface area contributed by atoms with Gasteiger partial charge in [0.15, 0.2) is 0 Å². The number of aliphatic hydroxyl groups excluding tert-OH is 1. The Bertz CT molecular complexity index is 1010. The van der Waals surface area contributed by atoms with E-state index in [-0.39, 0.29) is 18.9 Å². The van der Waals surface area contributed by atoms with Crippen LogP contribution < -0.4 is 16.2 Å². The van der Waals surface area contributed by atoms with Crippen molar-refractivity contribution in [1.82, 2.24) is 20.6 Å². The van der Waals surface area contributed by atoms with Gasteiger partial charge in [0, 0.05) is 19.9 Å². The van der Waals surface area contributed by atoms with Crippen LogP contribution in [-0.2, 0) is 14.4 Å². The zero-order valence-electron chi connectivity index (χ0n) is 19.5. The first-order valence-electron chi connectivity index (χ1n) is 10.8. The number of aliphatic hydroxyl groups is 1. The molecule has 1 aliphatic heterocycles. The van der Waals surface area contributed by atoms with Crippen LogP contribution in [0.3, 0.4) is 0 Å². The number of thiazole rings is 1. The Kier molecular flexibility index (Phi) is 7.38. The van der Waals surface area contributed by atoms with Crippen molar-refractivity contribution in [3.8, 4) is 10.4 Å². The van der Waals surface area contributed by atoms with E-state index in [2.05, 4.69) is 21.2 Å². The number of carbonyl (C=O) groups is 3. The third-order valence-corrected chi connectivity index (χ3v) is 6.53. The molecule has 33 heavy (non-hydrogen) atoms. The maximum Gasteiger partial charge on any atom is 0.261 e. The van der Waals surface area contributed by atoms with Crippen LogP contribution in [0.15, 0.2) is 29.8 Å². The van der Waals surface area contributed by atoms with Crippen LogP contribution in [0.25, 0.3) is 10.4 Å². The van der Waals surface area contributed by atoms with Gasteiger partial charge in [-0.15, -0.1) is 11.3 Å². The van der Waals surface area contributed by atoms with Gasteiger partial charge in [0.25, 0.3) is 5.91 Å². The van der Waals surface area contributed by atoms with Crippen LogP contribution >= 0.6 is 11.3 Å². The molecule has 4 N–H and O–H groups in total. The predicted molar refractivity (Wildman–Crippen MR) is 127 cm³/mol. The summed E-state index contributed by atoms with van der Waals surface area (Å²) in [6.45, 7) is 8.86. The number of anilines is 1. The van der Waals surface area contributed by atoms with E-state index < -0.39 is 35.4 Å². The molecule has 178 valence electrons. The molecule has 1 fully saturated rings. The molecule has 2 heterocycles. The molecule has 0 spiro atoms. The highest BCUT2D eigenvalue weighted by Crippen LogP contribution is 2.28. The number of hydrogen-bond acceptors (Lipinski definition) is 7. The third-order valence-electron chi connectivity index (χ3n) is 5.55. The van der Waals surface area contributed by atoms with Crippen molar-refractivity contribution in [2.45, 2.75) is 59.2 Å². The third kappa shape index (κ3) is 5.88. The summed E-state index contributed by atoms with van der Waals surface area (Å²) in [5.41, 5.74) is 9.43. The lowest BCUT2D eigenvalue weighted by Crippen LogP contribution is -2.57. The van der Waals surface area contributed by atoms with E-state index in [1.165, 1.54) is 11.8 Å². The van der Waals surface area contributed by atoms with Crippen molar-refractivity contribution in [3.05, 3.63) is 35.5 Å². The summed E-state index contributed by atoms with van der Waals surface area (Å²) in [6.07, 6.45) is -0.690. The van der Waals surface area contributed by atoms with E-state index in [0.717, 1.165) is 16.1 Å². The molecule has 1 aromatic carbocycles. The van der Waals surface area contributed by atoms with Gasteiger partial charge in [0.05, 0.1) is 27.9 Å². The normalized spacial score (nSPS) is 19.2. The standard InChI is InChI=1S/C23H31N5O4S/c1-13-19(33-12-24-13)15-6-8-16(9-7-15)26-27-21(31)18-10-17(30)11-28(18)22(32)20(23(3,4)5)25-14(2)29/h6-9,12,17-18,20,26,30H,10-11H2,1-5H3,(H,25,29)(H,27,31)/t17-,18+,20?/m1/s1. The van der Waals surface area contributed by atoms with E-state index in [4.69, 9.17) is 0 Å². The Hall–Kier alpha value is -2.98. The quantitative estimate of drug-likeness (QED) is 0.476. The molecule has 2 aromatic rings. The topological polar surface area (TPSA) is 124 Å². The summed E-state index contributed by atoms with van der Waals surface area (Å²) in [7, 11) is 0. The van der Waals surface area contributed by atoms with Crippen molar-refractivity contribution in [2.75, 3.05) is 12.0 Å². The molecule has 1 aromatic heterocycles. The van der Waals surface area contributed by atoms with E-state index in [0.29, 0.717) is 5.69 Å². The number of nitrogens with one attached hydrogen (secondary N) is 3. The molecule has 1 saturated heterocycles. The number of rotatable bonds is 6. The van der Waals surface area contributed by atoms with Gasteiger partial charge in [-0.1, -0.05) is 32.9 Å². The van der Waals surface area contributed by atoms with Gasteiger partial charge < -0.3 is 15.3 Å². The average molecular weight is 474 g/mol. The number of aryl methyl sites for hydroxylation is 1. The molecule has 9 nitrogen and oxygen atoms in total. The van der Waals surface area contributed by atoms with Gasteiger partial charge in [-0.05, 0) is 30.0 Å². The largest absolute Gasteiger partial charge is 0.391 e. The Morgan fingerprint density at radius 1 is 1.21 bits per heavy atom. The smallest absolute Gasteiger partial charge is 0.261 e. The van der Waals surface area contributed by atoms with Gasteiger partial charge in [-0.25, -0.2) is 4.98 Å². The van der Waals surface area contributed by atoms with Crippen LogP contribution in [0.4, 0.5) is 5.69 Å². The zero-order chi connectivity index (χ0) is 24.3. The fraction of sp³-hybridized carbons (Fsp3) is 0.478. The number of benzene rings is 1. The highest BCUT2D eigenvalue weighted by Gasteiger charge is 2.44. The van der Waals surface area contributed by atoms with Crippen molar-refractivity contribution in [1.29, 1.82) is 0 Å². The van der Waals surface area contributed by atoms with Gasteiger partial charge in [0.2, 0.25) is 11.8 Å². The van der Waals surface area contributed by atoms with E-state index in [1.807, 2.05) is 52.0 Å². The van der Waals surface area contributed by atoms with Gasteiger partial charge in [-0.3, -0.25) is 25.2 Å². The molecular formula is C23H31N5O4S. The number of aromatic nitrogens is 1. The van der Waals surface area contributed by atoms with Crippen molar-refractivity contribution >= 4 is 34.7 Å². The molecular weight excluding hydrogens is 442 g/mol. The molecule has 1 aliphatic rings. The molecule has 3 atom stereocenters. The fourth-order valence-corrected chi connectivity index (χ4v) is 4.64. The lowest BCUT2D eigenvalue weighted by atomic mass is 9.85. The number of nitrogens with zero attached hydrogens (tertiary/aromatic N) is 2. The van der Waals surface area contributed by atoms with Crippen LogP contribution in [0, 0.1) is 12.3 Å². The number of hydrogen-bond donors (Lipinski definition) is 4. The van der Waals surface area contributed by atoms with E-state index in [9.17, 15) is 19.5 Å². The van der Waals surface area contributed by atoms with Crippen LogP contribution in [0.1, 0.15) is 39.8 Å². The number of hydrazine groups is 1. The summed E-state index contributed by atoms with van der Waals surface area (Å²) in [5, 5.41) is 12.9. The summed E-state index contributed by atoms with van der Waals surface area (Å²) in [4.78, 5) is 44.5. The second-order valence-electron chi connectivity index (χ2n) is 9.35. The monoisotopic (exact) mass is 473 g/mol. The highest BCUT2D eigenvalue weighted by molar-refractivity contribution is 7.13. The summed E-state index contributed by atoms with van der Waals surface area (Å²) < 4.78 is 0. The first-order chi connectivity index (χ1) is 15.5. The maximum absolute atomic E-state index is 13.2. The molecule has 0 bridgehead atoms. The lowest BCUT2D eigenvalue weighted by Gasteiger charge is -2.35. The Morgan fingerprint density at radius 2 is 1.88 bits per heavy atom. The van der Waals surface area contributed by atoms with E-state index >= 15 is 0 Å². The zero-order valence-corrected chi connectivity index (χ0v) is 20.3. The molecule has 0 saturated carbocycles. The van der Waals surface area contributed by atoms with Crippen LogP contribution in [0.2, 0.25) is 0 Å². The molecule has 0 radical (unpaired) electrons. The summed E-state index contributed by atoms with van der Waals surface area (Å²) in [5.74, 6) is -1.15. The SMILES string of the molecule is CC(=O)NC(C(=O)N1C[C@H](O)C[C@H]1C(=O)NNc1ccc(-c2scnc2C)cc1)C(C)(C)C. The number of carbonyl (C=O) groups excluding carboxylic acids is 3. The summed E-state index contributed by atoms with van der Waals surface area (Å²) >= 11 is 1.57. The minimum Gasteiger partial charge on any atom is -0.391 e. The molecule has 1 unspecified atom stereocenters. The Balaban J connectivity index is 1.67. The van der Waals surface area contributed by atoms with Gasteiger partial charge >= 0.3 is 0 Å². The van der Waals surface area contributed by atoms with Crippen LogP contribution in [-0.4, -0.2) is 57.4 Å². The lowest BCUT2D eigenvalue weighted by molar-refractivity contribution is -0.143. The Labute approximate surface area is 197 Å². The van der Waals surface area contributed by atoms with Gasteiger partial charge in [-0.2, -0.15) is 0 Å². The number of amides is 3.